The molecule has 130 valence electrons. The summed E-state index contributed by atoms with van der Waals surface area (Å²) in [6.45, 7) is 4.26. The molecule has 0 fully saturated rings. The van der Waals surface area contributed by atoms with Gasteiger partial charge in [-0.1, -0.05) is 25.4 Å². The van der Waals surface area contributed by atoms with Gasteiger partial charge in [0.05, 0.1) is 19.1 Å². The molecule has 0 spiro atoms. The van der Waals surface area contributed by atoms with E-state index in [1.807, 2.05) is 13.8 Å². The van der Waals surface area contributed by atoms with E-state index in [9.17, 15) is 9.59 Å². The van der Waals surface area contributed by atoms with E-state index in [1.165, 1.54) is 0 Å². The van der Waals surface area contributed by atoms with Crippen molar-refractivity contribution in [1.29, 1.82) is 0 Å². The van der Waals surface area contributed by atoms with Crippen LogP contribution in [0.25, 0.3) is 0 Å². The molecule has 0 heterocycles. The zero-order chi connectivity index (χ0) is 16.5. The van der Waals surface area contributed by atoms with Crippen LogP contribution in [0.5, 0.6) is 5.75 Å². The molecule has 1 aromatic rings. The van der Waals surface area contributed by atoms with Gasteiger partial charge in [-0.3, -0.25) is 9.59 Å². The average Bonchev–Trinajstić information content (AvgIpc) is 2.50. The Morgan fingerprint density at radius 3 is 2.39 bits per heavy atom. The first kappa shape index (κ1) is 21.5. The van der Waals surface area contributed by atoms with Crippen LogP contribution in [0.2, 0.25) is 5.02 Å². The third kappa shape index (κ3) is 8.64. The Morgan fingerprint density at radius 1 is 1.22 bits per heavy atom. The number of carbonyl (C=O) groups excluding carboxylic acids is 2. The van der Waals surface area contributed by atoms with Crippen LogP contribution in [0.4, 0.5) is 0 Å². The molecule has 0 aliphatic heterocycles. The van der Waals surface area contributed by atoms with Crippen LogP contribution in [0.3, 0.4) is 0 Å². The number of nitrogens with one attached hydrogen (secondary N) is 2. The van der Waals surface area contributed by atoms with Gasteiger partial charge in [-0.2, -0.15) is 0 Å². The highest BCUT2D eigenvalue weighted by atomic mass is 35.5. The highest BCUT2D eigenvalue weighted by molar-refractivity contribution is 6.30. The van der Waals surface area contributed by atoms with Crippen molar-refractivity contribution in [2.24, 2.45) is 11.7 Å². The number of hydrogen-bond acceptors (Lipinski definition) is 4. The summed E-state index contributed by atoms with van der Waals surface area (Å²) in [5, 5.41) is 5.77. The van der Waals surface area contributed by atoms with Gasteiger partial charge in [-0.25, -0.2) is 0 Å². The summed E-state index contributed by atoms with van der Waals surface area (Å²) in [5.74, 6) is 0.0808. The van der Waals surface area contributed by atoms with Gasteiger partial charge in [0.25, 0.3) is 0 Å². The molecule has 0 saturated heterocycles. The average molecular weight is 364 g/mol. The summed E-state index contributed by atoms with van der Waals surface area (Å²) >= 11 is 5.76. The molecule has 0 aliphatic carbocycles. The molecule has 1 atom stereocenters. The standard InChI is InChI=1S/C15H22ClN3O3.ClH/c1-10(2)14(17)15(21)19-9-13(20)18-7-8-22-12-5-3-11(16)4-6-12;/h3-6,10,14H,7-9,17H2,1-2H3,(H,18,20)(H,19,21);1H/t14-;/m0./s1. The van der Waals surface area contributed by atoms with Gasteiger partial charge in [-0.15, -0.1) is 12.4 Å². The molecule has 0 aromatic heterocycles. The minimum Gasteiger partial charge on any atom is -0.492 e. The fourth-order valence-corrected chi connectivity index (χ4v) is 1.67. The number of carbonyl (C=O) groups is 2. The summed E-state index contributed by atoms with van der Waals surface area (Å²) < 4.78 is 5.43. The SMILES string of the molecule is CC(C)[C@H](N)C(=O)NCC(=O)NCCOc1ccc(Cl)cc1.Cl. The Hall–Kier alpha value is -1.50. The van der Waals surface area contributed by atoms with E-state index in [-0.39, 0.29) is 36.7 Å². The lowest BCUT2D eigenvalue weighted by atomic mass is 10.1. The molecule has 1 aromatic carbocycles. The molecule has 4 N–H and O–H groups in total. The zero-order valence-corrected chi connectivity index (χ0v) is 14.7. The molecule has 2 amide bonds. The third-order valence-electron chi connectivity index (χ3n) is 2.95. The molecule has 23 heavy (non-hydrogen) atoms. The zero-order valence-electron chi connectivity index (χ0n) is 13.2. The van der Waals surface area contributed by atoms with Crippen LogP contribution >= 0.6 is 24.0 Å². The van der Waals surface area contributed by atoms with Crippen LogP contribution < -0.4 is 21.1 Å². The monoisotopic (exact) mass is 363 g/mol. The van der Waals surface area contributed by atoms with E-state index in [1.54, 1.807) is 24.3 Å². The number of rotatable bonds is 8. The van der Waals surface area contributed by atoms with Crippen molar-refractivity contribution < 1.29 is 14.3 Å². The van der Waals surface area contributed by atoms with Gasteiger partial charge in [-0.05, 0) is 30.2 Å². The second kappa shape index (κ2) is 11.1. The first-order chi connectivity index (χ1) is 10.4. The Balaban J connectivity index is 0.00000484. The normalized spacial score (nSPS) is 11.3. The topological polar surface area (TPSA) is 93.5 Å². The molecular formula is C15H23Cl2N3O3. The molecule has 0 radical (unpaired) electrons. The molecule has 0 aliphatic rings. The van der Waals surface area contributed by atoms with Gasteiger partial charge in [0, 0.05) is 5.02 Å². The summed E-state index contributed by atoms with van der Waals surface area (Å²) in [5.41, 5.74) is 5.67. The summed E-state index contributed by atoms with van der Waals surface area (Å²) in [6, 6.07) is 6.34. The minimum atomic E-state index is -0.610. The van der Waals surface area contributed by atoms with Crippen molar-refractivity contribution in [1.82, 2.24) is 10.6 Å². The lowest BCUT2D eigenvalue weighted by Crippen LogP contribution is -2.47. The summed E-state index contributed by atoms with van der Waals surface area (Å²) in [4.78, 5) is 23.1. The Bertz CT molecular complexity index is 495. The number of hydrogen-bond donors (Lipinski definition) is 3. The van der Waals surface area contributed by atoms with Gasteiger partial charge >= 0.3 is 0 Å². The van der Waals surface area contributed by atoms with Crippen LogP contribution in [0.1, 0.15) is 13.8 Å². The highest BCUT2D eigenvalue weighted by Crippen LogP contribution is 2.14. The van der Waals surface area contributed by atoms with E-state index < -0.39 is 6.04 Å². The number of halogens is 2. The first-order valence-corrected chi connectivity index (χ1v) is 7.46. The molecule has 6 nitrogen and oxygen atoms in total. The van der Waals surface area contributed by atoms with Gasteiger partial charge in [0.1, 0.15) is 12.4 Å². The van der Waals surface area contributed by atoms with Gasteiger partial charge < -0.3 is 21.1 Å². The Labute approximate surface area is 147 Å². The fraction of sp³-hybridized carbons (Fsp3) is 0.467. The maximum absolute atomic E-state index is 11.6. The summed E-state index contributed by atoms with van der Waals surface area (Å²) in [7, 11) is 0. The lowest BCUT2D eigenvalue weighted by molar-refractivity contribution is -0.127. The Kier molecular flexibility index (Phi) is 10.4. The maximum Gasteiger partial charge on any atom is 0.239 e. The number of amides is 2. The van der Waals surface area contributed by atoms with Crippen LogP contribution in [0, 0.1) is 5.92 Å². The van der Waals surface area contributed by atoms with E-state index in [0.29, 0.717) is 23.9 Å². The third-order valence-corrected chi connectivity index (χ3v) is 3.20. The van der Waals surface area contributed by atoms with Crippen molar-refractivity contribution in [3.8, 4) is 5.75 Å². The maximum atomic E-state index is 11.6. The molecule has 1 rings (SSSR count). The molecule has 0 saturated carbocycles. The van der Waals surface area contributed by atoms with Crippen LogP contribution in [0.15, 0.2) is 24.3 Å². The predicted octanol–water partition coefficient (Wildman–Crippen LogP) is 1.36. The second-order valence-corrected chi connectivity index (χ2v) is 5.58. The first-order valence-electron chi connectivity index (χ1n) is 7.08. The number of benzene rings is 1. The molecule has 8 heteroatoms. The number of ether oxygens (including phenoxy) is 1. The fourth-order valence-electron chi connectivity index (χ4n) is 1.54. The van der Waals surface area contributed by atoms with Crippen molar-refractivity contribution in [2.45, 2.75) is 19.9 Å². The van der Waals surface area contributed by atoms with Crippen molar-refractivity contribution in [2.75, 3.05) is 19.7 Å². The van der Waals surface area contributed by atoms with Crippen molar-refractivity contribution >= 4 is 35.8 Å². The molecule has 0 bridgehead atoms. The Morgan fingerprint density at radius 2 is 1.83 bits per heavy atom. The second-order valence-electron chi connectivity index (χ2n) is 5.14. The smallest absolute Gasteiger partial charge is 0.239 e. The van der Waals surface area contributed by atoms with E-state index in [0.717, 1.165) is 0 Å². The van der Waals surface area contributed by atoms with Gasteiger partial charge in [0.15, 0.2) is 0 Å². The van der Waals surface area contributed by atoms with Crippen LogP contribution in [-0.4, -0.2) is 37.6 Å². The summed E-state index contributed by atoms with van der Waals surface area (Å²) in [6.07, 6.45) is 0. The van der Waals surface area contributed by atoms with E-state index >= 15 is 0 Å². The van der Waals surface area contributed by atoms with Crippen molar-refractivity contribution in [3.05, 3.63) is 29.3 Å². The van der Waals surface area contributed by atoms with E-state index in [2.05, 4.69) is 10.6 Å². The van der Waals surface area contributed by atoms with Crippen molar-refractivity contribution in [3.63, 3.8) is 0 Å². The van der Waals surface area contributed by atoms with Gasteiger partial charge in [0.2, 0.25) is 11.8 Å². The molecular weight excluding hydrogens is 341 g/mol. The largest absolute Gasteiger partial charge is 0.492 e. The lowest BCUT2D eigenvalue weighted by Gasteiger charge is -2.15. The van der Waals surface area contributed by atoms with Crippen LogP contribution in [-0.2, 0) is 9.59 Å². The highest BCUT2D eigenvalue weighted by Gasteiger charge is 2.17. The number of nitrogens with two attached hydrogens (primary N) is 1. The molecule has 0 unspecified atom stereocenters. The van der Waals surface area contributed by atoms with E-state index in [4.69, 9.17) is 22.1 Å². The predicted molar refractivity (Wildman–Crippen MR) is 93.0 cm³/mol. The minimum absolute atomic E-state index is 0. The quantitative estimate of drug-likeness (QED) is 0.607.